The zero-order valence-corrected chi connectivity index (χ0v) is 18.0. The van der Waals surface area contributed by atoms with Gasteiger partial charge in [-0.25, -0.2) is 0 Å². The van der Waals surface area contributed by atoms with E-state index in [4.69, 9.17) is 0 Å². The number of hydrogen-bond donors (Lipinski definition) is 0. The van der Waals surface area contributed by atoms with Gasteiger partial charge in [0, 0.05) is 0 Å². The minimum atomic E-state index is -1.75. The first-order valence-corrected chi connectivity index (χ1v) is 11.9. The van der Waals surface area contributed by atoms with Crippen molar-refractivity contribution in [2.45, 2.75) is 43.7 Å². The van der Waals surface area contributed by atoms with Gasteiger partial charge in [-0.3, -0.25) is 0 Å². The molecule has 1 aromatic carbocycles. The van der Waals surface area contributed by atoms with Crippen molar-refractivity contribution >= 4 is 9.28 Å². The Bertz CT molecular complexity index is 677. The molecule has 1 unspecified atom stereocenters. The van der Waals surface area contributed by atoms with E-state index in [-0.39, 0.29) is 24.8 Å². The van der Waals surface area contributed by atoms with Crippen LogP contribution >= 0.6 is 0 Å². The van der Waals surface area contributed by atoms with Crippen molar-refractivity contribution in [2.24, 2.45) is 0 Å². The smallest absolute Gasteiger partial charge is 1.00 e. The molecule has 0 bridgehead atoms. The largest absolute Gasteiger partial charge is 1.00 e. The number of halogens is 2. The van der Waals surface area contributed by atoms with Crippen molar-refractivity contribution in [2.75, 3.05) is 0 Å². The van der Waals surface area contributed by atoms with E-state index in [1.807, 2.05) is 0 Å². The summed E-state index contributed by atoms with van der Waals surface area (Å²) in [5.74, 6) is 0. The summed E-state index contributed by atoms with van der Waals surface area (Å²) in [6.45, 7) is 7.03. The van der Waals surface area contributed by atoms with Gasteiger partial charge >= 0.3 is 137 Å². The number of benzene rings is 1. The molecular weight excluding hydrogens is 402 g/mol. The molecule has 1 aromatic rings. The van der Waals surface area contributed by atoms with E-state index < -0.39 is 21.3 Å². The Morgan fingerprint density at radius 2 is 1.91 bits per heavy atom. The standard InChI is InChI=1S/C9H7.C8H11.C3H6.2ClH.Zr/c1-2-5-9-7-3-6-8(9)4-1;1-2-5-8-6-3-4-7-8;1-3-2;;;/h1-7H;6-7H,2-3,5H2,1H3;1-2H3;2*1H;/q;;;;;+2/p-2. The van der Waals surface area contributed by atoms with Gasteiger partial charge in [0.05, 0.1) is 0 Å². The second-order valence-electron chi connectivity index (χ2n) is 6.28. The third kappa shape index (κ3) is 4.44. The van der Waals surface area contributed by atoms with Crippen LogP contribution in [0, 0.1) is 0 Å². The molecule has 0 amide bonds. The molecule has 2 aliphatic rings. The number of fused-ring (bicyclic) bond motifs is 1. The number of rotatable bonds is 4. The van der Waals surface area contributed by atoms with E-state index >= 15 is 0 Å². The molecule has 1 atom stereocenters. The van der Waals surface area contributed by atoms with E-state index in [9.17, 15) is 0 Å². The van der Waals surface area contributed by atoms with Crippen LogP contribution in [-0.4, -0.2) is 3.21 Å². The van der Waals surface area contributed by atoms with Gasteiger partial charge < -0.3 is 24.8 Å². The summed E-state index contributed by atoms with van der Waals surface area (Å²) in [6, 6.07) is 8.97. The summed E-state index contributed by atoms with van der Waals surface area (Å²) in [5, 5.41) is 0. The second-order valence-corrected chi connectivity index (χ2v) is 13.9. The Hall–Kier alpha value is -0.227. The Morgan fingerprint density at radius 3 is 2.61 bits per heavy atom. The Morgan fingerprint density at radius 1 is 1.17 bits per heavy atom. The van der Waals surface area contributed by atoms with Crippen LogP contribution in [0.2, 0.25) is 0 Å². The average molecular weight is 427 g/mol. The van der Waals surface area contributed by atoms with E-state index in [1.54, 1.807) is 17.6 Å². The summed E-state index contributed by atoms with van der Waals surface area (Å²) >= 11 is -1.75. The van der Waals surface area contributed by atoms with Gasteiger partial charge in [0.25, 0.3) is 0 Å². The molecular formula is C20H24Cl2Zr. The predicted octanol–water partition coefficient (Wildman–Crippen LogP) is -0.393. The summed E-state index contributed by atoms with van der Waals surface area (Å²) < 4.78 is 4.24. The number of allylic oxidation sites excluding steroid dienone is 5. The topological polar surface area (TPSA) is 0 Å². The van der Waals surface area contributed by atoms with Gasteiger partial charge in [0.1, 0.15) is 0 Å². The van der Waals surface area contributed by atoms with Gasteiger partial charge in [0.2, 0.25) is 0 Å². The molecule has 0 nitrogen and oxygen atoms in total. The third-order valence-electron chi connectivity index (χ3n) is 4.48. The van der Waals surface area contributed by atoms with E-state index in [2.05, 4.69) is 69.3 Å². The van der Waals surface area contributed by atoms with Crippen molar-refractivity contribution in [1.29, 1.82) is 0 Å². The van der Waals surface area contributed by atoms with Crippen molar-refractivity contribution in [3.63, 3.8) is 0 Å². The number of hydrogen-bond acceptors (Lipinski definition) is 0. The minimum absolute atomic E-state index is 0. The van der Waals surface area contributed by atoms with Crippen LogP contribution in [-0.2, 0) is 21.3 Å². The zero-order valence-electron chi connectivity index (χ0n) is 14.1. The van der Waals surface area contributed by atoms with Crippen LogP contribution in [0.15, 0.2) is 51.3 Å². The van der Waals surface area contributed by atoms with Crippen LogP contribution < -0.4 is 24.8 Å². The van der Waals surface area contributed by atoms with Gasteiger partial charge in [-0.05, 0) is 0 Å². The van der Waals surface area contributed by atoms with Crippen molar-refractivity contribution in [1.82, 2.24) is 0 Å². The third-order valence-corrected chi connectivity index (χ3v) is 12.4. The summed E-state index contributed by atoms with van der Waals surface area (Å²) in [6.07, 6.45) is 13.6. The first-order chi connectivity index (χ1) is 10.2. The molecule has 0 radical (unpaired) electrons. The average Bonchev–Trinajstić information content (AvgIpc) is 3.08. The van der Waals surface area contributed by atoms with E-state index in [0.29, 0.717) is 3.63 Å². The fourth-order valence-electron chi connectivity index (χ4n) is 3.57. The molecule has 0 saturated carbocycles. The quantitative estimate of drug-likeness (QED) is 0.615. The summed E-state index contributed by atoms with van der Waals surface area (Å²) in [5.41, 5.74) is 4.61. The fourth-order valence-corrected chi connectivity index (χ4v) is 11.4. The molecule has 0 saturated heterocycles. The maximum absolute atomic E-state index is 2.56. The molecule has 0 N–H and O–H groups in total. The summed E-state index contributed by atoms with van der Waals surface area (Å²) in [7, 11) is 0. The van der Waals surface area contributed by atoms with Crippen LogP contribution in [0.25, 0.3) is 6.08 Å². The van der Waals surface area contributed by atoms with Gasteiger partial charge in [-0.15, -0.1) is 0 Å². The molecule has 122 valence electrons. The normalized spacial score (nSPS) is 17.2. The molecule has 3 rings (SSSR count). The second kappa shape index (κ2) is 9.31. The summed E-state index contributed by atoms with van der Waals surface area (Å²) in [4.78, 5) is 0. The van der Waals surface area contributed by atoms with E-state index in [1.165, 1.54) is 24.8 Å². The molecule has 0 fully saturated rings. The first-order valence-electron chi connectivity index (χ1n) is 8.05. The Labute approximate surface area is 160 Å². The zero-order chi connectivity index (χ0) is 14.8. The van der Waals surface area contributed by atoms with Crippen LogP contribution in [0.3, 0.4) is 0 Å². The SMILES string of the molecule is CCCC1=CC[C]([Zr+2](=[C](C)C)[CH]2C=Cc3ccccc32)=C1.[Cl-].[Cl-]. The van der Waals surface area contributed by atoms with Gasteiger partial charge in [-0.1, -0.05) is 0 Å². The maximum atomic E-state index is 2.56. The van der Waals surface area contributed by atoms with Crippen LogP contribution in [0.1, 0.15) is 54.8 Å². The van der Waals surface area contributed by atoms with Gasteiger partial charge in [-0.2, -0.15) is 0 Å². The molecule has 23 heavy (non-hydrogen) atoms. The van der Waals surface area contributed by atoms with Crippen LogP contribution in [0.4, 0.5) is 0 Å². The first kappa shape index (κ1) is 20.8. The van der Waals surface area contributed by atoms with E-state index in [0.717, 1.165) is 0 Å². The van der Waals surface area contributed by atoms with Gasteiger partial charge in [0.15, 0.2) is 0 Å². The fraction of sp³-hybridized carbons (Fsp3) is 0.350. The van der Waals surface area contributed by atoms with Crippen molar-refractivity contribution < 1.29 is 46.1 Å². The Kier molecular flexibility index (Phi) is 8.42. The molecule has 0 aromatic heterocycles. The Balaban J connectivity index is 0.00000132. The van der Waals surface area contributed by atoms with Crippen molar-refractivity contribution in [3.8, 4) is 0 Å². The molecule has 0 heterocycles. The van der Waals surface area contributed by atoms with Crippen LogP contribution in [0.5, 0.6) is 0 Å². The molecule has 0 spiro atoms. The molecule has 0 aliphatic heterocycles. The minimum Gasteiger partial charge on any atom is -1.00 e. The predicted molar refractivity (Wildman–Crippen MR) is 90.3 cm³/mol. The monoisotopic (exact) mass is 424 g/mol. The van der Waals surface area contributed by atoms with Crippen molar-refractivity contribution in [3.05, 3.63) is 62.5 Å². The maximum Gasteiger partial charge on any atom is -1.00 e. The molecule has 3 heteroatoms. The molecule has 2 aliphatic carbocycles.